The Labute approximate surface area is 113 Å². The van der Waals surface area contributed by atoms with Crippen molar-refractivity contribution < 1.29 is 4.74 Å². The van der Waals surface area contributed by atoms with Crippen molar-refractivity contribution >= 4 is 18.1 Å². The van der Waals surface area contributed by atoms with Crippen molar-refractivity contribution in [1.29, 1.82) is 0 Å². The van der Waals surface area contributed by atoms with Gasteiger partial charge in [0.2, 0.25) is 0 Å². The van der Waals surface area contributed by atoms with Crippen LogP contribution >= 0.6 is 12.4 Å². The summed E-state index contributed by atoms with van der Waals surface area (Å²) in [6.07, 6.45) is 0. The number of hydrogen-bond acceptors (Lipinski definition) is 3. The van der Waals surface area contributed by atoms with E-state index in [2.05, 4.69) is 5.10 Å². The summed E-state index contributed by atoms with van der Waals surface area (Å²) in [5.74, 6) is 0.863. The number of ether oxygens (including phenoxy) is 1. The van der Waals surface area contributed by atoms with Crippen LogP contribution in [-0.4, -0.2) is 16.9 Å². The Hall–Kier alpha value is -1.68. The fourth-order valence-corrected chi connectivity index (χ4v) is 1.77. The summed E-state index contributed by atoms with van der Waals surface area (Å²) in [4.78, 5) is 0. The maximum absolute atomic E-state index is 5.90. The lowest BCUT2D eigenvalue weighted by Gasteiger charge is -2.06. The summed E-state index contributed by atoms with van der Waals surface area (Å²) in [7, 11) is 1.66. The molecule has 0 saturated heterocycles. The zero-order chi connectivity index (χ0) is 12.4. The third-order valence-electron chi connectivity index (χ3n) is 2.93. The molecule has 0 amide bonds. The van der Waals surface area contributed by atoms with Crippen molar-refractivity contribution in [1.82, 2.24) is 9.78 Å². The van der Waals surface area contributed by atoms with Gasteiger partial charge in [-0.2, -0.15) is 5.10 Å². The lowest BCUT2D eigenvalue weighted by molar-refractivity contribution is 0.414. The Balaban J connectivity index is 0.00000162. The first-order valence-corrected chi connectivity index (χ1v) is 5.54. The second-order valence-electron chi connectivity index (χ2n) is 4.09. The van der Waals surface area contributed by atoms with Crippen molar-refractivity contribution in [3.05, 3.63) is 41.2 Å². The van der Waals surface area contributed by atoms with Gasteiger partial charge in [0.05, 0.1) is 30.7 Å². The van der Waals surface area contributed by atoms with Crippen LogP contribution in [0.2, 0.25) is 0 Å². The number of aryl methyl sites for hydroxylation is 1. The normalized spacial score (nSPS) is 9.94. The van der Waals surface area contributed by atoms with E-state index in [4.69, 9.17) is 10.5 Å². The van der Waals surface area contributed by atoms with E-state index in [1.54, 1.807) is 7.11 Å². The number of halogens is 1. The molecule has 98 valence electrons. The molecule has 0 unspecified atom stereocenters. The van der Waals surface area contributed by atoms with Gasteiger partial charge in [-0.05, 0) is 31.5 Å². The van der Waals surface area contributed by atoms with Crippen LogP contribution in [0.5, 0.6) is 5.75 Å². The molecule has 18 heavy (non-hydrogen) atoms. The first-order valence-electron chi connectivity index (χ1n) is 5.54. The van der Waals surface area contributed by atoms with Gasteiger partial charge in [-0.3, -0.25) is 4.68 Å². The smallest absolute Gasteiger partial charge is 0.118 e. The van der Waals surface area contributed by atoms with Gasteiger partial charge in [-0.25, -0.2) is 0 Å². The van der Waals surface area contributed by atoms with Crippen LogP contribution in [-0.2, 0) is 6.54 Å². The van der Waals surface area contributed by atoms with Gasteiger partial charge in [0.15, 0.2) is 0 Å². The van der Waals surface area contributed by atoms with E-state index in [0.717, 1.165) is 29.4 Å². The van der Waals surface area contributed by atoms with Crippen LogP contribution in [0.3, 0.4) is 0 Å². The first kappa shape index (κ1) is 14.4. The van der Waals surface area contributed by atoms with E-state index in [1.165, 1.54) is 5.56 Å². The van der Waals surface area contributed by atoms with Gasteiger partial charge < -0.3 is 10.5 Å². The second-order valence-corrected chi connectivity index (χ2v) is 4.09. The highest BCUT2D eigenvalue weighted by molar-refractivity contribution is 5.85. The zero-order valence-corrected chi connectivity index (χ0v) is 11.6. The fraction of sp³-hybridized carbons (Fsp3) is 0.308. The Morgan fingerprint density at radius 1 is 1.22 bits per heavy atom. The molecule has 4 nitrogen and oxygen atoms in total. The Morgan fingerprint density at radius 2 is 1.83 bits per heavy atom. The van der Waals surface area contributed by atoms with Crippen LogP contribution in [0.25, 0.3) is 0 Å². The molecule has 5 heteroatoms. The highest BCUT2D eigenvalue weighted by Gasteiger charge is 2.08. The molecule has 1 heterocycles. The second kappa shape index (κ2) is 5.78. The van der Waals surface area contributed by atoms with Crippen LogP contribution in [0.15, 0.2) is 24.3 Å². The number of nitrogens with two attached hydrogens (primary N) is 1. The molecule has 2 N–H and O–H groups in total. The van der Waals surface area contributed by atoms with E-state index in [-0.39, 0.29) is 12.4 Å². The molecular weight excluding hydrogens is 250 g/mol. The molecule has 0 atom stereocenters. The van der Waals surface area contributed by atoms with Crippen molar-refractivity contribution in [2.75, 3.05) is 12.8 Å². The summed E-state index contributed by atoms with van der Waals surface area (Å²) in [5.41, 5.74) is 9.75. The van der Waals surface area contributed by atoms with E-state index in [1.807, 2.05) is 42.8 Å². The molecule has 0 radical (unpaired) electrons. The van der Waals surface area contributed by atoms with Gasteiger partial charge in [0, 0.05) is 0 Å². The van der Waals surface area contributed by atoms with Crippen molar-refractivity contribution in [2.24, 2.45) is 0 Å². The van der Waals surface area contributed by atoms with E-state index in [0.29, 0.717) is 0 Å². The first-order chi connectivity index (χ1) is 8.11. The number of hydrogen-bond donors (Lipinski definition) is 1. The molecule has 0 fully saturated rings. The number of aromatic nitrogens is 2. The number of anilines is 1. The van der Waals surface area contributed by atoms with E-state index >= 15 is 0 Å². The Bertz CT molecular complexity index is 520. The van der Waals surface area contributed by atoms with Crippen molar-refractivity contribution in [2.45, 2.75) is 20.4 Å². The quantitative estimate of drug-likeness (QED) is 0.930. The minimum absolute atomic E-state index is 0. The molecule has 0 aliphatic carbocycles. The van der Waals surface area contributed by atoms with Gasteiger partial charge in [0.25, 0.3) is 0 Å². The Morgan fingerprint density at radius 3 is 2.28 bits per heavy atom. The van der Waals surface area contributed by atoms with Gasteiger partial charge in [-0.1, -0.05) is 12.1 Å². The number of methoxy groups -OCH3 is 1. The zero-order valence-electron chi connectivity index (χ0n) is 10.8. The predicted octanol–water partition coefficient (Wildman–Crippen LogP) is 2.56. The highest BCUT2D eigenvalue weighted by Crippen LogP contribution is 2.17. The molecule has 2 aromatic rings. The van der Waals surface area contributed by atoms with Crippen molar-refractivity contribution in [3.63, 3.8) is 0 Å². The van der Waals surface area contributed by atoms with Gasteiger partial charge in [-0.15, -0.1) is 12.4 Å². The summed E-state index contributed by atoms with van der Waals surface area (Å²) >= 11 is 0. The van der Waals surface area contributed by atoms with Crippen molar-refractivity contribution in [3.8, 4) is 5.75 Å². The minimum atomic E-state index is 0. The molecule has 2 rings (SSSR count). The summed E-state index contributed by atoms with van der Waals surface area (Å²) in [5, 5.41) is 4.41. The predicted molar refractivity (Wildman–Crippen MR) is 75.5 cm³/mol. The number of rotatable bonds is 3. The van der Waals surface area contributed by atoms with Gasteiger partial charge in [0.1, 0.15) is 5.75 Å². The summed E-state index contributed by atoms with van der Waals surface area (Å²) in [6, 6.07) is 7.96. The number of nitrogens with zero attached hydrogens (tertiary/aromatic N) is 2. The topological polar surface area (TPSA) is 53.1 Å². The third-order valence-corrected chi connectivity index (χ3v) is 2.93. The van der Waals surface area contributed by atoms with Crippen LogP contribution in [0, 0.1) is 13.8 Å². The molecule has 1 aromatic heterocycles. The largest absolute Gasteiger partial charge is 0.497 e. The number of benzene rings is 1. The molecular formula is C13H18ClN3O. The lowest BCUT2D eigenvalue weighted by Crippen LogP contribution is -2.04. The van der Waals surface area contributed by atoms with E-state index < -0.39 is 0 Å². The van der Waals surface area contributed by atoms with Crippen LogP contribution in [0.4, 0.5) is 5.69 Å². The lowest BCUT2D eigenvalue weighted by atomic mass is 10.2. The molecule has 0 saturated carbocycles. The molecule has 0 aliphatic rings. The highest BCUT2D eigenvalue weighted by atomic mass is 35.5. The average molecular weight is 268 g/mol. The summed E-state index contributed by atoms with van der Waals surface area (Å²) in [6.45, 7) is 4.64. The van der Waals surface area contributed by atoms with E-state index in [9.17, 15) is 0 Å². The standard InChI is InChI=1S/C13H17N3O.ClH/c1-9-13(14)10(2)16(15-9)8-11-4-6-12(17-3)7-5-11;/h4-7H,8,14H2,1-3H3;1H. The monoisotopic (exact) mass is 267 g/mol. The average Bonchev–Trinajstić information content (AvgIpc) is 2.58. The molecule has 0 bridgehead atoms. The Kier molecular flexibility index (Phi) is 4.62. The molecule has 1 aromatic carbocycles. The summed E-state index contributed by atoms with van der Waals surface area (Å²) < 4.78 is 7.05. The minimum Gasteiger partial charge on any atom is -0.497 e. The van der Waals surface area contributed by atoms with Gasteiger partial charge >= 0.3 is 0 Å². The van der Waals surface area contributed by atoms with Crippen LogP contribution in [0.1, 0.15) is 17.0 Å². The molecule has 0 aliphatic heterocycles. The number of nitrogen functional groups attached to an aromatic ring is 1. The fourth-order valence-electron chi connectivity index (χ4n) is 1.77. The maximum Gasteiger partial charge on any atom is 0.118 e. The van der Waals surface area contributed by atoms with Crippen LogP contribution < -0.4 is 10.5 Å². The maximum atomic E-state index is 5.90. The third kappa shape index (κ3) is 2.76. The SMILES string of the molecule is COc1ccc(Cn2nc(C)c(N)c2C)cc1.Cl. The molecule has 0 spiro atoms.